The van der Waals surface area contributed by atoms with E-state index < -0.39 is 6.10 Å². The summed E-state index contributed by atoms with van der Waals surface area (Å²) in [6, 6.07) is 14.5. The molecule has 3 heteroatoms. The maximum Gasteiger partial charge on any atom is 0.106 e. The van der Waals surface area contributed by atoms with E-state index in [-0.39, 0.29) is 0 Å². The van der Waals surface area contributed by atoms with Crippen molar-refractivity contribution in [2.75, 3.05) is 11.5 Å². The van der Waals surface area contributed by atoms with Crippen LogP contribution in [-0.4, -0.2) is 5.11 Å². The van der Waals surface area contributed by atoms with Crippen molar-refractivity contribution in [2.45, 2.75) is 6.10 Å². The average molecular weight is 214 g/mol. The quantitative estimate of drug-likeness (QED) is 0.669. The number of hydrogen-bond donors (Lipinski definition) is 3. The first-order chi connectivity index (χ1) is 7.68. The van der Waals surface area contributed by atoms with Crippen molar-refractivity contribution in [1.29, 1.82) is 0 Å². The van der Waals surface area contributed by atoms with Crippen LogP contribution in [-0.2, 0) is 0 Å². The van der Waals surface area contributed by atoms with Crippen LogP contribution in [0.3, 0.4) is 0 Å². The van der Waals surface area contributed by atoms with Crippen molar-refractivity contribution in [3.8, 4) is 0 Å². The summed E-state index contributed by atoms with van der Waals surface area (Å²) in [4.78, 5) is 0. The molecule has 0 saturated heterocycles. The lowest BCUT2D eigenvalue weighted by molar-refractivity contribution is 0.221. The zero-order valence-corrected chi connectivity index (χ0v) is 8.80. The van der Waals surface area contributed by atoms with Crippen molar-refractivity contribution in [1.82, 2.24) is 0 Å². The monoisotopic (exact) mass is 214 g/mol. The lowest BCUT2D eigenvalue weighted by atomic mass is 10.00. The van der Waals surface area contributed by atoms with Crippen LogP contribution in [0.4, 0.5) is 11.4 Å². The molecule has 0 aliphatic heterocycles. The number of hydrogen-bond acceptors (Lipinski definition) is 3. The van der Waals surface area contributed by atoms with Gasteiger partial charge >= 0.3 is 0 Å². The first-order valence-corrected chi connectivity index (χ1v) is 5.06. The normalized spacial score (nSPS) is 12.3. The maximum absolute atomic E-state index is 10.2. The second kappa shape index (κ2) is 4.24. The molecule has 82 valence electrons. The van der Waals surface area contributed by atoms with Crippen LogP contribution in [0.2, 0.25) is 0 Å². The number of aliphatic hydroxyl groups is 1. The molecule has 2 aromatic rings. The molecular weight excluding hydrogens is 200 g/mol. The number of nitrogen functional groups attached to an aromatic ring is 2. The summed E-state index contributed by atoms with van der Waals surface area (Å²) in [7, 11) is 0. The van der Waals surface area contributed by atoms with Gasteiger partial charge in [-0.3, -0.25) is 0 Å². The highest BCUT2D eigenvalue weighted by atomic mass is 16.3. The van der Waals surface area contributed by atoms with Gasteiger partial charge in [0, 0.05) is 16.9 Å². The average Bonchev–Trinajstić information content (AvgIpc) is 2.32. The van der Waals surface area contributed by atoms with Crippen LogP contribution in [0, 0.1) is 0 Å². The first kappa shape index (κ1) is 10.5. The zero-order valence-electron chi connectivity index (χ0n) is 8.80. The van der Waals surface area contributed by atoms with E-state index in [9.17, 15) is 5.11 Å². The molecule has 0 amide bonds. The molecule has 0 heterocycles. The van der Waals surface area contributed by atoms with E-state index in [4.69, 9.17) is 11.5 Å². The predicted octanol–water partition coefficient (Wildman–Crippen LogP) is 1.93. The van der Waals surface area contributed by atoms with Gasteiger partial charge in [-0.25, -0.2) is 0 Å². The summed E-state index contributed by atoms with van der Waals surface area (Å²) in [5.41, 5.74) is 14.1. The van der Waals surface area contributed by atoms with Crippen molar-refractivity contribution < 1.29 is 5.11 Å². The van der Waals surface area contributed by atoms with E-state index in [1.165, 1.54) is 0 Å². The molecule has 0 aromatic heterocycles. The van der Waals surface area contributed by atoms with Gasteiger partial charge in [0.2, 0.25) is 0 Å². The van der Waals surface area contributed by atoms with Gasteiger partial charge in [-0.2, -0.15) is 0 Å². The van der Waals surface area contributed by atoms with E-state index in [0.717, 1.165) is 5.56 Å². The largest absolute Gasteiger partial charge is 0.399 e. The van der Waals surface area contributed by atoms with E-state index in [1.54, 1.807) is 18.2 Å². The highest BCUT2D eigenvalue weighted by Gasteiger charge is 2.13. The summed E-state index contributed by atoms with van der Waals surface area (Å²) in [6.45, 7) is 0. The SMILES string of the molecule is Nc1ccc(N)c([C@@H](O)c2ccccc2)c1. The van der Waals surface area contributed by atoms with E-state index in [2.05, 4.69) is 0 Å². The van der Waals surface area contributed by atoms with Crippen LogP contribution < -0.4 is 11.5 Å². The Bertz CT molecular complexity index is 483. The van der Waals surface area contributed by atoms with Gasteiger partial charge in [0.05, 0.1) is 0 Å². The zero-order chi connectivity index (χ0) is 11.5. The Morgan fingerprint density at radius 2 is 1.62 bits per heavy atom. The summed E-state index contributed by atoms with van der Waals surface area (Å²) < 4.78 is 0. The van der Waals surface area contributed by atoms with Gasteiger partial charge in [-0.15, -0.1) is 0 Å². The molecule has 0 aliphatic rings. The summed E-state index contributed by atoms with van der Waals surface area (Å²) in [6.07, 6.45) is -0.732. The summed E-state index contributed by atoms with van der Waals surface area (Å²) in [5.74, 6) is 0. The fraction of sp³-hybridized carbons (Fsp3) is 0.0769. The number of anilines is 2. The minimum atomic E-state index is -0.732. The molecule has 5 N–H and O–H groups in total. The molecule has 1 atom stereocenters. The molecule has 0 bridgehead atoms. The minimum Gasteiger partial charge on any atom is -0.399 e. The number of nitrogens with two attached hydrogens (primary N) is 2. The van der Waals surface area contributed by atoms with Crippen molar-refractivity contribution in [2.24, 2.45) is 0 Å². The Morgan fingerprint density at radius 1 is 0.938 bits per heavy atom. The van der Waals surface area contributed by atoms with Gasteiger partial charge in [0.15, 0.2) is 0 Å². The van der Waals surface area contributed by atoms with Crippen LogP contribution in [0.25, 0.3) is 0 Å². The Morgan fingerprint density at radius 3 is 2.31 bits per heavy atom. The molecule has 2 rings (SSSR count). The molecule has 0 fully saturated rings. The van der Waals surface area contributed by atoms with Gasteiger partial charge < -0.3 is 16.6 Å². The molecule has 0 radical (unpaired) electrons. The standard InChI is InChI=1S/C13H14N2O/c14-10-6-7-12(15)11(8-10)13(16)9-4-2-1-3-5-9/h1-8,13,16H,14-15H2/t13-/m0/s1. The summed E-state index contributed by atoms with van der Waals surface area (Å²) >= 11 is 0. The topological polar surface area (TPSA) is 72.3 Å². The van der Waals surface area contributed by atoms with Gasteiger partial charge in [0.25, 0.3) is 0 Å². The molecule has 0 unspecified atom stereocenters. The van der Waals surface area contributed by atoms with Crippen molar-refractivity contribution >= 4 is 11.4 Å². The van der Waals surface area contributed by atoms with Crippen LogP contribution in [0.15, 0.2) is 48.5 Å². The van der Waals surface area contributed by atoms with Crippen LogP contribution in [0.1, 0.15) is 17.2 Å². The third kappa shape index (κ3) is 1.99. The van der Waals surface area contributed by atoms with Gasteiger partial charge in [0.1, 0.15) is 6.10 Å². The number of aliphatic hydroxyl groups excluding tert-OH is 1. The van der Waals surface area contributed by atoms with Gasteiger partial charge in [-0.05, 0) is 23.8 Å². The molecule has 2 aromatic carbocycles. The Kier molecular flexibility index (Phi) is 2.79. The maximum atomic E-state index is 10.2. The summed E-state index contributed by atoms with van der Waals surface area (Å²) in [5, 5.41) is 10.2. The number of rotatable bonds is 2. The number of benzene rings is 2. The lowest BCUT2D eigenvalue weighted by Crippen LogP contribution is -2.04. The molecule has 0 spiro atoms. The lowest BCUT2D eigenvalue weighted by Gasteiger charge is -2.14. The van der Waals surface area contributed by atoms with Crippen LogP contribution in [0.5, 0.6) is 0 Å². The smallest absolute Gasteiger partial charge is 0.106 e. The Balaban J connectivity index is 2.41. The van der Waals surface area contributed by atoms with E-state index in [1.807, 2.05) is 30.3 Å². The predicted molar refractivity (Wildman–Crippen MR) is 65.8 cm³/mol. The van der Waals surface area contributed by atoms with E-state index >= 15 is 0 Å². The highest BCUT2D eigenvalue weighted by molar-refractivity contribution is 5.57. The Hall–Kier alpha value is -2.00. The third-order valence-corrected chi connectivity index (χ3v) is 2.52. The van der Waals surface area contributed by atoms with Crippen LogP contribution >= 0.6 is 0 Å². The molecular formula is C13H14N2O. The van der Waals surface area contributed by atoms with Crippen molar-refractivity contribution in [3.05, 3.63) is 59.7 Å². The third-order valence-electron chi connectivity index (χ3n) is 2.52. The van der Waals surface area contributed by atoms with Gasteiger partial charge in [-0.1, -0.05) is 30.3 Å². The molecule has 0 aliphatic carbocycles. The molecule has 16 heavy (non-hydrogen) atoms. The fourth-order valence-corrected chi connectivity index (χ4v) is 1.64. The second-order valence-electron chi connectivity index (χ2n) is 3.70. The second-order valence-corrected chi connectivity index (χ2v) is 3.70. The fourth-order valence-electron chi connectivity index (χ4n) is 1.64. The Labute approximate surface area is 94.3 Å². The molecule has 3 nitrogen and oxygen atoms in total. The van der Waals surface area contributed by atoms with Crippen molar-refractivity contribution in [3.63, 3.8) is 0 Å². The minimum absolute atomic E-state index is 0.547. The highest BCUT2D eigenvalue weighted by Crippen LogP contribution is 2.27. The van der Waals surface area contributed by atoms with E-state index in [0.29, 0.717) is 16.9 Å². The first-order valence-electron chi connectivity index (χ1n) is 5.06. The molecule has 0 saturated carbocycles.